The minimum absolute atomic E-state index is 0.0250. The summed E-state index contributed by atoms with van der Waals surface area (Å²) in [5, 5.41) is 10.2. The molecule has 1 aliphatic rings. The number of ether oxygens (including phenoxy) is 1. The first-order valence-corrected chi connectivity index (χ1v) is 11.5. The maximum absolute atomic E-state index is 11.8. The van der Waals surface area contributed by atoms with Crippen molar-refractivity contribution < 1.29 is 9.53 Å². The Morgan fingerprint density at radius 3 is 2.82 bits per heavy atom. The van der Waals surface area contributed by atoms with E-state index < -0.39 is 0 Å². The van der Waals surface area contributed by atoms with Crippen molar-refractivity contribution in [1.82, 2.24) is 4.68 Å². The molecule has 8 heteroatoms. The number of thiazole rings is 1. The Bertz CT molecular complexity index is 1410. The van der Waals surface area contributed by atoms with Gasteiger partial charge in [-0.1, -0.05) is 54.1 Å². The number of nitrogens with one attached hydrogen (secondary N) is 1. The lowest BCUT2D eigenvalue weighted by molar-refractivity contribution is -0.118. The van der Waals surface area contributed by atoms with Crippen LogP contribution in [0.1, 0.15) is 11.1 Å². The third kappa shape index (κ3) is 4.89. The summed E-state index contributed by atoms with van der Waals surface area (Å²) >= 11 is 7.63. The van der Waals surface area contributed by atoms with E-state index in [1.807, 2.05) is 82.9 Å². The number of anilines is 1. The van der Waals surface area contributed by atoms with Crippen LogP contribution in [0, 0.1) is 0 Å². The molecule has 0 aliphatic carbocycles. The maximum atomic E-state index is 11.8. The molecule has 1 aliphatic heterocycles. The van der Waals surface area contributed by atoms with E-state index in [1.165, 1.54) is 11.3 Å². The summed E-state index contributed by atoms with van der Waals surface area (Å²) in [6.07, 6.45) is 1.76. The predicted octanol–water partition coefficient (Wildman–Crippen LogP) is 5.18. The lowest BCUT2D eigenvalue weighted by Gasteiger charge is -2.18. The van der Waals surface area contributed by atoms with E-state index in [0.717, 1.165) is 27.2 Å². The Morgan fingerprint density at radius 1 is 1.09 bits per heavy atom. The molecule has 0 spiro atoms. The Kier molecular flexibility index (Phi) is 6.06. The topological polar surface area (TPSA) is 68.0 Å². The Labute approximate surface area is 199 Å². The molecule has 1 N–H and O–H groups in total. The molecule has 0 saturated heterocycles. The van der Waals surface area contributed by atoms with Crippen molar-refractivity contribution in [1.29, 1.82) is 0 Å². The Hall–Kier alpha value is -3.68. The molecule has 6 nitrogen and oxygen atoms in total. The van der Waals surface area contributed by atoms with E-state index in [-0.39, 0.29) is 12.5 Å². The third-order valence-electron chi connectivity index (χ3n) is 5.00. The summed E-state index contributed by atoms with van der Waals surface area (Å²) in [6.45, 7) is 0.568. The molecular formula is C25H19ClN4O2S. The molecule has 3 aromatic carbocycles. The van der Waals surface area contributed by atoms with Crippen LogP contribution < -0.4 is 14.9 Å². The van der Waals surface area contributed by atoms with E-state index in [0.29, 0.717) is 23.0 Å². The van der Waals surface area contributed by atoms with E-state index in [9.17, 15) is 4.79 Å². The van der Waals surface area contributed by atoms with Gasteiger partial charge in [-0.15, -0.1) is 11.3 Å². The molecule has 0 bridgehead atoms. The largest absolute Gasteiger partial charge is 0.482 e. The van der Waals surface area contributed by atoms with E-state index in [1.54, 1.807) is 6.21 Å². The third-order valence-corrected chi connectivity index (χ3v) is 6.09. The molecule has 4 aromatic rings. The molecule has 1 aromatic heterocycles. The molecule has 0 radical (unpaired) electrons. The molecule has 33 heavy (non-hydrogen) atoms. The number of carbonyl (C=O) groups excluding carboxylic acids is 1. The van der Waals surface area contributed by atoms with Crippen LogP contribution in [0.2, 0.25) is 5.02 Å². The normalized spacial score (nSPS) is 13.6. The van der Waals surface area contributed by atoms with Gasteiger partial charge in [0.15, 0.2) is 6.61 Å². The molecule has 0 atom stereocenters. The standard InChI is InChI=1S/C25H19ClN4O2S/c26-20-8-4-7-18(11-20)14-28-30-22(16-33-25(30)27-13-17-5-2-1-3-6-17)19-9-10-23-21(12-19)29-24(31)15-32-23/h1-12,14,16H,13,15H2,(H,29,31). The van der Waals surface area contributed by atoms with Crippen molar-refractivity contribution in [3.05, 3.63) is 99.1 Å². The molecule has 1 amide bonds. The quantitative estimate of drug-likeness (QED) is 0.405. The summed E-state index contributed by atoms with van der Waals surface area (Å²) in [5.41, 5.74) is 4.38. The van der Waals surface area contributed by atoms with Gasteiger partial charge in [0.05, 0.1) is 24.1 Å². The highest BCUT2D eigenvalue weighted by atomic mass is 35.5. The van der Waals surface area contributed by atoms with Crippen LogP contribution in [-0.4, -0.2) is 23.4 Å². The van der Waals surface area contributed by atoms with Gasteiger partial charge < -0.3 is 10.1 Å². The fourth-order valence-electron chi connectivity index (χ4n) is 3.41. The number of aromatic nitrogens is 1. The van der Waals surface area contributed by atoms with Crippen molar-refractivity contribution >= 4 is 40.7 Å². The molecule has 0 unspecified atom stereocenters. The second-order valence-corrected chi connectivity index (χ2v) is 8.64. The second kappa shape index (κ2) is 9.44. The first kappa shape index (κ1) is 21.2. The van der Waals surface area contributed by atoms with Crippen LogP contribution in [0.3, 0.4) is 0 Å². The highest BCUT2D eigenvalue weighted by Gasteiger charge is 2.17. The number of hydrogen-bond acceptors (Lipinski definition) is 5. The number of carbonyl (C=O) groups is 1. The number of amides is 1. The van der Waals surface area contributed by atoms with Crippen molar-refractivity contribution in [2.45, 2.75) is 6.54 Å². The number of hydrogen-bond donors (Lipinski definition) is 1. The van der Waals surface area contributed by atoms with Crippen LogP contribution in [0.25, 0.3) is 11.3 Å². The predicted molar refractivity (Wildman–Crippen MR) is 132 cm³/mol. The van der Waals surface area contributed by atoms with E-state index in [2.05, 4.69) is 5.32 Å². The highest BCUT2D eigenvalue weighted by Crippen LogP contribution is 2.32. The molecule has 5 rings (SSSR count). The van der Waals surface area contributed by atoms with Crippen LogP contribution >= 0.6 is 22.9 Å². The van der Waals surface area contributed by atoms with Crippen LogP contribution in [0.5, 0.6) is 5.75 Å². The van der Waals surface area contributed by atoms with Crippen LogP contribution in [0.4, 0.5) is 5.69 Å². The van der Waals surface area contributed by atoms with Gasteiger partial charge in [0.25, 0.3) is 5.91 Å². The minimum atomic E-state index is -0.171. The second-order valence-electron chi connectivity index (χ2n) is 7.36. The molecule has 2 heterocycles. The van der Waals surface area contributed by atoms with Crippen molar-refractivity contribution in [2.75, 3.05) is 11.9 Å². The average Bonchev–Trinajstić information content (AvgIpc) is 3.24. The molecule has 164 valence electrons. The summed E-state index contributed by atoms with van der Waals surface area (Å²) in [4.78, 5) is 17.3. The monoisotopic (exact) mass is 474 g/mol. The number of fused-ring (bicyclic) bond motifs is 1. The fraction of sp³-hybridized carbons (Fsp3) is 0.0800. The van der Waals surface area contributed by atoms with Gasteiger partial charge in [0.2, 0.25) is 4.80 Å². The van der Waals surface area contributed by atoms with Gasteiger partial charge in [0.1, 0.15) is 5.75 Å². The smallest absolute Gasteiger partial charge is 0.262 e. The number of benzene rings is 3. The van der Waals surface area contributed by atoms with Crippen molar-refractivity contribution in [3.63, 3.8) is 0 Å². The van der Waals surface area contributed by atoms with Gasteiger partial charge >= 0.3 is 0 Å². The summed E-state index contributed by atoms with van der Waals surface area (Å²) in [7, 11) is 0. The lowest BCUT2D eigenvalue weighted by atomic mass is 10.1. The zero-order valence-corrected chi connectivity index (χ0v) is 19.0. The summed E-state index contributed by atoms with van der Waals surface area (Å²) < 4.78 is 7.30. The number of rotatable bonds is 5. The van der Waals surface area contributed by atoms with Gasteiger partial charge in [0, 0.05) is 16.0 Å². The summed E-state index contributed by atoms with van der Waals surface area (Å²) in [6, 6.07) is 23.3. The maximum Gasteiger partial charge on any atom is 0.262 e. The fourth-order valence-corrected chi connectivity index (χ4v) is 4.45. The van der Waals surface area contributed by atoms with Gasteiger partial charge in [-0.25, -0.2) is 4.68 Å². The number of halogens is 1. The first-order valence-electron chi connectivity index (χ1n) is 10.3. The van der Waals surface area contributed by atoms with Crippen molar-refractivity contribution in [3.8, 4) is 17.0 Å². The zero-order valence-electron chi connectivity index (χ0n) is 17.4. The summed E-state index contributed by atoms with van der Waals surface area (Å²) in [5.74, 6) is 0.479. The van der Waals surface area contributed by atoms with Gasteiger partial charge in [-0.3, -0.25) is 9.79 Å². The van der Waals surface area contributed by atoms with Crippen molar-refractivity contribution in [2.24, 2.45) is 10.1 Å². The molecular weight excluding hydrogens is 456 g/mol. The Morgan fingerprint density at radius 2 is 1.97 bits per heavy atom. The SMILES string of the molecule is O=C1COc2ccc(-c3csc(=NCc4ccccc4)n3N=Cc3cccc(Cl)c3)cc2N1. The van der Waals surface area contributed by atoms with Crippen LogP contribution in [0.15, 0.2) is 88.3 Å². The van der Waals surface area contributed by atoms with Gasteiger partial charge in [-0.05, 0) is 41.5 Å². The zero-order chi connectivity index (χ0) is 22.6. The van der Waals surface area contributed by atoms with Gasteiger partial charge in [-0.2, -0.15) is 5.10 Å². The van der Waals surface area contributed by atoms with Crippen LogP contribution in [-0.2, 0) is 11.3 Å². The highest BCUT2D eigenvalue weighted by molar-refractivity contribution is 7.07. The molecule has 0 saturated carbocycles. The van der Waals surface area contributed by atoms with E-state index >= 15 is 0 Å². The minimum Gasteiger partial charge on any atom is -0.482 e. The lowest BCUT2D eigenvalue weighted by Crippen LogP contribution is -2.25. The number of nitrogens with zero attached hydrogens (tertiary/aromatic N) is 3. The Balaban J connectivity index is 1.57. The average molecular weight is 475 g/mol. The van der Waals surface area contributed by atoms with E-state index in [4.69, 9.17) is 26.4 Å². The first-order chi connectivity index (χ1) is 16.2. The molecule has 0 fully saturated rings.